The second-order valence-corrected chi connectivity index (χ2v) is 4.43. The van der Waals surface area contributed by atoms with Gasteiger partial charge < -0.3 is 10.1 Å². The average Bonchev–Trinajstić information content (AvgIpc) is 2.03. The van der Waals surface area contributed by atoms with Crippen molar-refractivity contribution < 1.29 is 9.53 Å². The minimum absolute atomic E-state index is 0.163. The van der Waals surface area contributed by atoms with Gasteiger partial charge in [-0.2, -0.15) is 0 Å². The molecule has 78 valence electrons. The zero-order valence-electron chi connectivity index (χ0n) is 9.31. The second-order valence-electron chi connectivity index (χ2n) is 4.43. The van der Waals surface area contributed by atoms with Crippen molar-refractivity contribution in [2.75, 3.05) is 13.7 Å². The summed E-state index contributed by atoms with van der Waals surface area (Å²) >= 11 is 0. The predicted molar refractivity (Wildman–Crippen MR) is 53.6 cm³/mol. The summed E-state index contributed by atoms with van der Waals surface area (Å²) in [6, 6.07) is -0.163. The van der Waals surface area contributed by atoms with Crippen molar-refractivity contribution in [2.45, 2.75) is 40.2 Å². The lowest BCUT2D eigenvalue weighted by atomic mass is 9.96. The number of hydrogen-bond donors (Lipinski definition) is 1. The van der Waals surface area contributed by atoms with Crippen LogP contribution < -0.4 is 5.32 Å². The number of carbonyl (C=O) groups is 1. The molecular weight excluding hydrogens is 166 g/mol. The van der Waals surface area contributed by atoms with Gasteiger partial charge in [-0.05, 0) is 11.8 Å². The van der Waals surface area contributed by atoms with Gasteiger partial charge >= 0.3 is 5.97 Å². The van der Waals surface area contributed by atoms with Crippen LogP contribution in [0.1, 0.15) is 34.1 Å². The molecule has 1 atom stereocenters. The topological polar surface area (TPSA) is 38.3 Å². The van der Waals surface area contributed by atoms with E-state index in [0.717, 1.165) is 13.0 Å². The molecule has 0 aliphatic heterocycles. The Labute approximate surface area is 80.8 Å². The van der Waals surface area contributed by atoms with Crippen LogP contribution in [0, 0.1) is 5.41 Å². The maximum absolute atomic E-state index is 11.2. The number of methoxy groups -OCH3 is 1. The molecule has 0 aliphatic rings. The van der Waals surface area contributed by atoms with E-state index in [2.05, 4.69) is 30.8 Å². The van der Waals surface area contributed by atoms with Gasteiger partial charge in [0.05, 0.1) is 7.11 Å². The van der Waals surface area contributed by atoms with Crippen molar-refractivity contribution in [2.24, 2.45) is 5.41 Å². The highest BCUT2D eigenvalue weighted by Gasteiger charge is 2.19. The molecule has 0 aromatic rings. The Morgan fingerprint density at radius 1 is 1.46 bits per heavy atom. The summed E-state index contributed by atoms with van der Waals surface area (Å²) in [5.74, 6) is -0.174. The highest BCUT2D eigenvalue weighted by molar-refractivity contribution is 5.75. The van der Waals surface area contributed by atoms with E-state index in [1.165, 1.54) is 7.11 Å². The molecule has 0 bridgehead atoms. The molecule has 0 aliphatic carbocycles. The van der Waals surface area contributed by atoms with Gasteiger partial charge in [-0.15, -0.1) is 0 Å². The van der Waals surface area contributed by atoms with Gasteiger partial charge in [0, 0.05) is 6.54 Å². The highest BCUT2D eigenvalue weighted by atomic mass is 16.5. The van der Waals surface area contributed by atoms with Gasteiger partial charge in [0.1, 0.15) is 6.04 Å². The Morgan fingerprint density at radius 3 is 2.31 bits per heavy atom. The first-order chi connectivity index (χ1) is 5.90. The SMILES string of the molecule is CCC(NCC(C)(C)C)C(=O)OC. The van der Waals surface area contributed by atoms with Crippen molar-refractivity contribution in [1.29, 1.82) is 0 Å². The molecule has 3 heteroatoms. The summed E-state index contributed by atoms with van der Waals surface area (Å²) in [5.41, 5.74) is 0.196. The summed E-state index contributed by atoms with van der Waals surface area (Å²) in [7, 11) is 1.42. The third-order valence-electron chi connectivity index (χ3n) is 1.77. The van der Waals surface area contributed by atoms with E-state index in [4.69, 9.17) is 0 Å². The van der Waals surface area contributed by atoms with Crippen LogP contribution >= 0.6 is 0 Å². The van der Waals surface area contributed by atoms with Crippen molar-refractivity contribution in [3.63, 3.8) is 0 Å². The Bertz CT molecular complexity index is 161. The molecule has 0 spiro atoms. The Balaban J connectivity index is 3.93. The van der Waals surface area contributed by atoms with Crippen LogP contribution in [0.3, 0.4) is 0 Å². The molecule has 0 amide bonds. The quantitative estimate of drug-likeness (QED) is 0.679. The van der Waals surface area contributed by atoms with Crippen LogP contribution in [0.5, 0.6) is 0 Å². The zero-order valence-corrected chi connectivity index (χ0v) is 9.31. The van der Waals surface area contributed by atoms with Crippen molar-refractivity contribution in [1.82, 2.24) is 5.32 Å². The number of ether oxygens (including phenoxy) is 1. The zero-order chi connectivity index (χ0) is 10.5. The van der Waals surface area contributed by atoms with Crippen LogP contribution in [0.25, 0.3) is 0 Å². The Kier molecular flexibility index (Phi) is 4.99. The summed E-state index contributed by atoms with van der Waals surface area (Å²) in [6.07, 6.45) is 0.767. The van der Waals surface area contributed by atoms with E-state index < -0.39 is 0 Å². The van der Waals surface area contributed by atoms with Crippen LogP contribution in [0.2, 0.25) is 0 Å². The van der Waals surface area contributed by atoms with Crippen molar-refractivity contribution in [3.05, 3.63) is 0 Å². The lowest BCUT2D eigenvalue weighted by Crippen LogP contribution is -2.41. The van der Waals surface area contributed by atoms with Gasteiger partial charge in [0.2, 0.25) is 0 Å². The first-order valence-corrected chi connectivity index (χ1v) is 4.72. The summed E-state index contributed by atoms with van der Waals surface area (Å²) < 4.78 is 4.67. The van der Waals surface area contributed by atoms with Crippen LogP contribution in [0.15, 0.2) is 0 Å². The maximum atomic E-state index is 11.2. The summed E-state index contributed by atoms with van der Waals surface area (Å²) in [4.78, 5) is 11.2. The van der Waals surface area contributed by atoms with E-state index >= 15 is 0 Å². The summed E-state index contributed by atoms with van der Waals surface area (Å²) in [5, 5.41) is 3.19. The average molecular weight is 187 g/mol. The van der Waals surface area contributed by atoms with E-state index in [1.54, 1.807) is 0 Å². The normalized spacial score (nSPS) is 13.9. The number of rotatable bonds is 4. The van der Waals surface area contributed by atoms with Gasteiger partial charge in [-0.25, -0.2) is 0 Å². The molecule has 1 N–H and O–H groups in total. The second kappa shape index (κ2) is 5.22. The third kappa shape index (κ3) is 5.64. The summed E-state index contributed by atoms with van der Waals surface area (Å²) in [6.45, 7) is 9.18. The molecule has 0 fully saturated rings. The fraction of sp³-hybridized carbons (Fsp3) is 0.900. The standard InChI is InChI=1S/C10H21NO2/c1-6-8(9(12)13-5)11-7-10(2,3)4/h8,11H,6-7H2,1-5H3. The van der Waals surface area contributed by atoms with E-state index in [9.17, 15) is 4.79 Å². The molecule has 3 nitrogen and oxygen atoms in total. The number of nitrogens with one attached hydrogen (secondary N) is 1. The third-order valence-corrected chi connectivity index (χ3v) is 1.77. The first kappa shape index (κ1) is 12.4. The van der Waals surface area contributed by atoms with Crippen molar-refractivity contribution in [3.8, 4) is 0 Å². The van der Waals surface area contributed by atoms with E-state index in [0.29, 0.717) is 0 Å². The Hall–Kier alpha value is -0.570. The highest BCUT2D eigenvalue weighted by Crippen LogP contribution is 2.11. The van der Waals surface area contributed by atoms with Crippen LogP contribution in [-0.2, 0) is 9.53 Å². The number of hydrogen-bond acceptors (Lipinski definition) is 3. The molecule has 0 saturated heterocycles. The molecule has 0 saturated carbocycles. The monoisotopic (exact) mass is 187 g/mol. The van der Waals surface area contributed by atoms with Gasteiger partial charge in [0.15, 0.2) is 0 Å². The molecule has 0 heterocycles. The molecule has 0 radical (unpaired) electrons. The van der Waals surface area contributed by atoms with E-state index in [1.807, 2.05) is 6.92 Å². The molecular formula is C10H21NO2. The largest absolute Gasteiger partial charge is 0.468 e. The van der Waals surface area contributed by atoms with Gasteiger partial charge in [-0.1, -0.05) is 27.7 Å². The smallest absolute Gasteiger partial charge is 0.322 e. The predicted octanol–water partition coefficient (Wildman–Crippen LogP) is 1.57. The fourth-order valence-corrected chi connectivity index (χ4v) is 0.966. The lowest BCUT2D eigenvalue weighted by Gasteiger charge is -2.22. The van der Waals surface area contributed by atoms with Gasteiger partial charge in [-0.3, -0.25) is 4.79 Å². The van der Waals surface area contributed by atoms with Crippen molar-refractivity contribution >= 4 is 5.97 Å². The molecule has 0 aromatic carbocycles. The fourth-order valence-electron chi connectivity index (χ4n) is 0.966. The van der Waals surface area contributed by atoms with Crippen LogP contribution in [0.4, 0.5) is 0 Å². The maximum Gasteiger partial charge on any atom is 0.322 e. The molecule has 0 aromatic heterocycles. The van der Waals surface area contributed by atoms with Crippen LogP contribution in [-0.4, -0.2) is 25.7 Å². The lowest BCUT2D eigenvalue weighted by molar-refractivity contribution is -0.143. The first-order valence-electron chi connectivity index (χ1n) is 4.72. The van der Waals surface area contributed by atoms with Gasteiger partial charge in [0.25, 0.3) is 0 Å². The van der Waals surface area contributed by atoms with E-state index in [-0.39, 0.29) is 17.4 Å². The molecule has 13 heavy (non-hydrogen) atoms. The minimum atomic E-state index is -0.174. The number of carbonyl (C=O) groups excluding carboxylic acids is 1. The number of esters is 1. The Morgan fingerprint density at radius 2 is 2.00 bits per heavy atom. The minimum Gasteiger partial charge on any atom is -0.468 e. The molecule has 1 unspecified atom stereocenters. The molecule has 0 rings (SSSR count).